The van der Waals surface area contributed by atoms with Gasteiger partial charge in [0, 0.05) is 34.6 Å². The van der Waals surface area contributed by atoms with Gasteiger partial charge in [-0.2, -0.15) is 0 Å². The predicted octanol–water partition coefficient (Wildman–Crippen LogP) is 4.26. The number of fused-ring (bicyclic) bond motifs is 2. The Morgan fingerprint density at radius 3 is 2.70 bits per heavy atom. The molecule has 6 nitrogen and oxygen atoms in total. The van der Waals surface area contributed by atoms with Gasteiger partial charge in [0.05, 0.1) is 17.5 Å². The Hall–Kier alpha value is -2.87. The van der Waals surface area contributed by atoms with Gasteiger partial charge in [0.2, 0.25) is 10.0 Å². The average Bonchev–Trinajstić information content (AvgIpc) is 2.98. The fourth-order valence-electron chi connectivity index (χ4n) is 4.01. The second-order valence-electron chi connectivity index (χ2n) is 7.55. The van der Waals surface area contributed by atoms with E-state index in [0.717, 1.165) is 18.2 Å². The van der Waals surface area contributed by atoms with E-state index in [0.29, 0.717) is 29.6 Å². The first-order chi connectivity index (χ1) is 15.3. The van der Waals surface area contributed by atoms with Crippen LogP contribution in [0.25, 0.3) is 22.3 Å². The topological polar surface area (TPSA) is 79.6 Å². The van der Waals surface area contributed by atoms with E-state index in [-0.39, 0.29) is 22.8 Å². The van der Waals surface area contributed by atoms with Gasteiger partial charge in [-0.05, 0) is 54.7 Å². The molecular weight excluding hydrogens is 407 g/mol. The van der Waals surface area contributed by atoms with Gasteiger partial charge in [0.1, 0.15) is 17.2 Å². The zero-order chi connectivity index (χ0) is 24.1. The van der Waals surface area contributed by atoms with E-state index >= 15 is 0 Å². The molecule has 0 saturated carbocycles. The Balaban J connectivity index is 2.01. The lowest BCUT2D eigenvalue weighted by atomic mass is 9.93. The molecule has 1 aliphatic heterocycles. The molecule has 0 bridgehead atoms. The van der Waals surface area contributed by atoms with E-state index in [4.69, 9.17) is 8.53 Å². The summed E-state index contributed by atoms with van der Waals surface area (Å²) in [6.45, 7) is -0.438. The van der Waals surface area contributed by atoms with Crippen LogP contribution in [0.4, 0.5) is 10.1 Å². The van der Waals surface area contributed by atoms with Crippen LogP contribution in [0.2, 0.25) is 0 Å². The summed E-state index contributed by atoms with van der Waals surface area (Å²) in [5.41, 5.74) is 1.80. The Morgan fingerprint density at radius 1 is 1.30 bits per heavy atom. The van der Waals surface area contributed by atoms with E-state index in [1.807, 2.05) is 12.2 Å². The number of rotatable bonds is 3. The fourth-order valence-corrected chi connectivity index (χ4v) is 4.99. The highest BCUT2D eigenvalue weighted by atomic mass is 32.2. The van der Waals surface area contributed by atoms with Crippen molar-refractivity contribution in [3.63, 3.8) is 0 Å². The number of amides is 1. The number of sulfonamides is 1. The van der Waals surface area contributed by atoms with Gasteiger partial charge >= 0.3 is 0 Å². The van der Waals surface area contributed by atoms with Gasteiger partial charge in [-0.3, -0.25) is 9.10 Å². The molecule has 1 aromatic heterocycles. The molecule has 4 rings (SSSR count). The fraction of sp³-hybridized carbons (Fsp3) is 0.318. The highest BCUT2D eigenvalue weighted by molar-refractivity contribution is 7.92. The number of hydrogen-bond acceptors (Lipinski definition) is 4. The molecule has 2 aromatic carbocycles. The molecule has 2 heterocycles. The molecule has 0 saturated heterocycles. The molecule has 0 fully saturated rings. The largest absolute Gasteiger partial charge is 0.455 e. The van der Waals surface area contributed by atoms with Crippen molar-refractivity contribution in [2.75, 3.05) is 24.1 Å². The monoisotopic (exact) mass is 433 g/mol. The number of benzene rings is 2. The van der Waals surface area contributed by atoms with Gasteiger partial charge in [-0.1, -0.05) is 6.92 Å². The van der Waals surface area contributed by atoms with Crippen LogP contribution in [0.5, 0.6) is 0 Å². The first kappa shape index (κ1) is 16.9. The Bertz CT molecular complexity index is 1330. The van der Waals surface area contributed by atoms with E-state index in [9.17, 15) is 17.6 Å². The van der Waals surface area contributed by atoms with Crippen LogP contribution < -0.4 is 9.62 Å². The third-order valence-electron chi connectivity index (χ3n) is 5.48. The maximum atomic E-state index is 13.5. The molecule has 1 N–H and O–H groups in total. The van der Waals surface area contributed by atoms with Crippen LogP contribution in [-0.2, 0) is 10.0 Å². The number of nitrogens with one attached hydrogen (secondary N) is 1. The summed E-state index contributed by atoms with van der Waals surface area (Å²) < 4.78 is 68.0. The Morgan fingerprint density at radius 2 is 2.03 bits per heavy atom. The molecule has 0 aliphatic carbocycles. The van der Waals surface area contributed by atoms with Crippen LogP contribution in [0.3, 0.4) is 0 Å². The van der Waals surface area contributed by atoms with E-state index in [2.05, 4.69) is 0 Å². The summed E-state index contributed by atoms with van der Waals surface area (Å²) in [7, 11) is -3.56. The molecule has 158 valence electrons. The lowest BCUT2D eigenvalue weighted by Crippen LogP contribution is -2.30. The van der Waals surface area contributed by atoms with Crippen molar-refractivity contribution in [2.45, 2.75) is 25.7 Å². The summed E-state index contributed by atoms with van der Waals surface area (Å²) in [4.78, 5) is 13.0. The number of hydrogen-bond donors (Lipinski definition) is 1. The van der Waals surface area contributed by atoms with Crippen LogP contribution in [0.15, 0.2) is 40.8 Å². The second kappa shape index (κ2) is 7.43. The van der Waals surface area contributed by atoms with Gasteiger partial charge in [-0.25, -0.2) is 12.8 Å². The first-order valence-corrected chi connectivity index (χ1v) is 11.4. The molecule has 8 heteroatoms. The van der Waals surface area contributed by atoms with Crippen LogP contribution >= 0.6 is 0 Å². The predicted molar refractivity (Wildman–Crippen MR) is 115 cm³/mol. The maximum Gasteiger partial charge on any atom is 0.255 e. The lowest BCUT2D eigenvalue weighted by molar-refractivity contribution is 0.0964. The Labute approximate surface area is 178 Å². The SMILES string of the molecule is [2H]C([2H])([2H])NC(=O)c1c(-c2ccc(F)cc2)oc2cc3c(cc12)C(C)CCCN3S(C)(=O)=O. The minimum Gasteiger partial charge on any atom is -0.455 e. The molecule has 30 heavy (non-hydrogen) atoms. The molecule has 0 radical (unpaired) electrons. The van der Waals surface area contributed by atoms with Crippen molar-refractivity contribution in [1.29, 1.82) is 0 Å². The van der Waals surface area contributed by atoms with Crippen molar-refractivity contribution >= 4 is 32.6 Å². The van der Waals surface area contributed by atoms with Crippen molar-refractivity contribution < 1.29 is 26.1 Å². The first-order valence-electron chi connectivity index (χ1n) is 11.0. The minimum absolute atomic E-state index is 0.00107. The van der Waals surface area contributed by atoms with E-state index in [1.165, 1.54) is 28.6 Å². The maximum absolute atomic E-state index is 13.5. The van der Waals surface area contributed by atoms with Crippen molar-refractivity contribution in [3.8, 4) is 11.3 Å². The number of halogens is 1. The zero-order valence-corrected chi connectivity index (χ0v) is 17.3. The smallest absolute Gasteiger partial charge is 0.255 e. The quantitative estimate of drug-likeness (QED) is 0.669. The summed E-state index contributed by atoms with van der Waals surface area (Å²) in [6, 6.07) is 8.54. The van der Waals surface area contributed by atoms with Gasteiger partial charge < -0.3 is 9.73 Å². The van der Waals surface area contributed by atoms with Crippen molar-refractivity contribution in [3.05, 3.63) is 53.3 Å². The summed E-state index contributed by atoms with van der Waals surface area (Å²) >= 11 is 0. The van der Waals surface area contributed by atoms with E-state index in [1.54, 1.807) is 12.1 Å². The molecule has 0 spiro atoms. The average molecular weight is 434 g/mol. The van der Waals surface area contributed by atoms with Crippen LogP contribution in [0.1, 0.15) is 45.7 Å². The van der Waals surface area contributed by atoms with Gasteiger partial charge in [0.15, 0.2) is 0 Å². The second-order valence-corrected chi connectivity index (χ2v) is 9.46. The number of furan rings is 1. The molecular formula is C22H23FN2O4S. The normalized spacial score (nSPS) is 18.8. The minimum atomic E-state index is -3.56. The molecule has 1 aliphatic rings. The number of anilines is 1. The highest BCUT2D eigenvalue weighted by Gasteiger charge is 2.29. The van der Waals surface area contributed by atoms with Gasteiger partial charge in [-0.15, -0.1) is 0 Å². The lowest BCUT2D eigenvalue weighted by Gasteiger charge is -2.23. The standard InChI is InChI=1S/C22H23FN2O4S/c1-13-5-4-10-25(30(3,27)28)18-12-19-17(11-16(13)18)20(22(26)24-2)21(29-19)14-6-8-15(23)9-7-14/h6-9,11-13H,4-5,10H2,1-3H3,(H,24,26)/i2D3. The van der Waals surface area contributed by atoms with E-state index < -0.39 is 28.7 Å². The third-order valence-corrected chi connectivity index (χ3v) is 6.66. The van der Waals surface area contributed by atoms with Gasteiger partial charge in [0.25, 0.3) is 5.91 Å². The number of carbonyl (C=O) groups is 1. The molecule has 3 aromatic rings. The summed E-state index contributed by atoms with van der Waals surface area (Å²) in [6.07, 6.45) is 2.54. The zero-order valence-electron chi connectivity index (χ0n) is 19.5. The van der Waals surface area contributed by atoms with Crippen molar-refractivity contribution in [2.24, 2.45) is 0 Å². The number of nitrogens with zero attached hydrogens (tertiary/aromatic N) is 1. The molecule has 1 amide bonds. The molecule has 1 unspecified atom stereocenters. The van der Waals surface area contributed by atoms with Crippen LogP contribution in [0, 0.1) is 5.82 Å². The highest BCUT2D eigenvalue weighted by Crippen LogP contribution is 2.42. The summed E-state index contributed by atoms with van der Waals surface area (Å²) in [5.74, 6) is -1.27. The van der Waals surface area contributed by atoms with Crippen LogP contribution in [-0.4, -0.2) is 34.1 Å². The van der Waals surface area contributed by atoms with Crippen molar-refractivity contribution in [1.82, 2.24) is 5.32 Å². The summed E-state index contributed by atoms with van der Waals surface area (Å²) in [5, 5.41) is 2.35. The third kappa shape index (κ3) is 3.45. The Kier molecular flexibility index (Phi) is 4.18. The molecule has 1 atom stereocenters. The number of carbonyl (C=O) groups excluding carboxylic acids is 1.